The SMILES string of the molecule is NC(N)CCNBr.[Cu]. The average molecular weight is 232 g/mol. The van der Waals surface area contributed by atoms with Crippen molar-refractivity contribution in [3.05, 3.63) is 0 Å². The molecule has 0 aromatic carbocycles. The third-order valence-electron chi connectivity index (χ3n) is 0.572. The summed E-state index contributed by atoms with van der Waals surface area (Å²) in [6.07, 6.45) is 0.607. The van der Waals surface area contributed by atoms with E-state index < -0.39 is 0 Å². The van der Waals surface area contributed by atoms with Crippen LogP contribution in [0.3, 0.4) is 0 Å². The number of hydrogen-bond donors (Lipinski definition) is 3. The molecule has 0 aliphatic rings. The van der Waals surface area contributed by atoms with Gasteiger partial charge < -0.3 is 11.5 Å². The molecule has 0 rings (SSSR count). The van der Waals surface area contributed by atoms with Crippen LogP contribution in [0.2, 0.25) is 0 Å². The van der Waals surface area contributed by atoms with Crippen LogP contribution in [0.4, 0.5) is 0 Å². The van der Waals surface area contributed by atoms with E-state index in [0.29, 0.717) is 0 Å². The fourth-order valence-corrected chi connectivity index (χ4v) is 0.450. The van der Waals surface area contributed by atoms with Gasteiger partial charge in [-0.25, -0.2) is 0 Å². The summed E-state index contributed by atoms with van der Waals surface area (Å²) in [6.45, 7) is 0.817. The topological polar surface area (TPSA) is 64.1 Å². The van der Waals surface area contributed by atoms with Gasteiger partial charge in [-0.2, -0.15) is 0 Å². The molecule has 3 nitrogen and oxygen atoms in total. The Hall–Kier alpha value is 0.879. The second kappa shape index (κ2) is 7.88. The van der Waals surface area contributed by atoms with E-state index >= 15 is 0 Å². The molecule has 0 spiro atoms. The molecule has 0 heterocycles. The van der Waals surface area contributed by atoms with Crippen molar-refractivity contribution in [3.8, 4) is 0 Å². The average Bonchev–Trinajstić information content (AvgIpc) is 1.61. The molecule has 0 aliphatic carbocycles. The minimum Gasteiger partial charge on any atom is -0.316 e. The Balaban J connectivity index is 0. The molecule has 0 bridgehead atoms. The van der Waals surface area contributed by atoms with Crippen LogP contribution < -0.4 is 15.8 Å². The van der Waals surface area contributed by atoms with Crippen molar-refractivity contribution in [1.82, 2.24) is 4.34 Å². The zero-order valence-corrected chi connectivity index (χ0v) is 6.85. The molecule has 0 amide bonds. The van der Waals surface area contributed by atoms with Crippen molar-refractivity contribution < 1.29 is 17.1 Å². The number of rotatable bonds is 3. The second-order valence-electron chi connectivity index (χ2n) is 1.34. The Kier molecular flexibility index (Phi) is 11.5. The van der Waals surface area contributed by atoms with Gasteiger partial charge >= 0.3 is 0 Å². The van der Waals surface area contributed by atoms with Gasteiger partial charge in [0, 0.05) is 39.8 Å². The van der Waals surface area contributed by atoms with Crippen LogP contribution in [0.15, 0.2) is 0 Å². The first-order valence-electron chi connectivity index (χ1n) is 2.12. The molecule has 5 N–H and O–H groups in total. The third-order valence-corrected chi connectivity index (χ3v) is 0.969. The second-order valence-corrected chi connectivity index (χ2v) is 1.90. The molecule has 0 unspecified atom stereocenters. The molecule has 0 saturated heterocycles. The summed E-state index contributed by atoms with van der Waals surface area (Å²) in [4.78, 5) is 0. The molecule has 5 heteroatoms. The minimum atomic E-state index is -0.190. The zero-order chi connectivity index (χ0) is 5.70. The fraction of sp³-hybridized carbons (Fsp3) is 1.00. The Labute approximate surface area is 68.4 Å². The summed E-state index contributed by atoms with van der Waals surface area (Å²) in [5.74, 6) is 0. The smallest absolute Gasteiger partial charge is 0.0533 e. The van der Waals surface area contributed by atoms with Crippen molar-refractivity contribution in [1.29, 1.82) is 0 Å². The van der Waals surface area contributed by atoms with Crippen molar-refractivity contribution in [3.63, 3.8) is 0 Å². The normalized spacial score (nSPS) is 9.00. The van der Waals surface area contributed by atoms with Gasteiger partial charge in [-0.05, 0) is 6.42 Å². The predicted molar refractivity (Wildman–Crippen MR) is 33.7 cm³/mol. The molecule has 0 aromatic rings. The first kappa shape index (κ1) is 11.6. The van der Waals surface area contributed by atoms with E-state index in [9.17, 15) is 0 Å². The minimum absolute atomic E-state index is 0. The van der Waals surface area contributed by atoms with E-state index in [2.05, 4.69) is 20.5 Å². The van der Waals surface area contributed by atoms with Crippen LogP contribution in [0.25, 0.3) is 0 Å². The summed E-state index contributed by atoms with van der Waals surface area (Å²) < 4.78 is 2.75. The van der Waals surface area contributed by atoms with Crippen molar-refractivity contribution in [2.75, 3.05) is 6.54 Å². The van der Waals surface area contributed by atoms with Gasteiger partial charge in [0.1, 0.15) is 0 Å². The van der Waals surface area contributed by atoms with E-state index in [1.807, 2.05) is 0 Å². The van der Waals surface area contributed by atoms with Crippen molar-refractivity contribution >= 4 is 16.1 Å². The summed E-state index contributed by atoms with van der Waals surface area (Å²) in [6, 6.07) is 0. The molecule has 0 atom stereocenters. The van der Waals surface area contributed by atoms with Crippen LogP contribution in [-0.2, 0) is 17.1 Å². The van der Waals surface area contributed by atoms with Crippen LogP contribution >= 0.6 is 16.1 Å². The first-order chi connectivity index (χ1) is 3.27. The van der Waals surface area contributed by atoms with Gasteiger partial charge in [0.25, 0.3) is 0 Å². The largest absolute Gasteiger partial charge is 0.316 e. The maximum absolute atomic E-state index is 5.20. The molecule has 0 aliphatic heterocycles. The number of halogens is 1. The van der Waals surface area contributed by atoms with Crippen molar-refractivity contribution in [2.45, 2.75) is 12.6 Å². The maximum atomic E-state index is 5.20. The van der Waals surface area contributed by atoms with E-state index in [0.717, 1.165) is 13.0 Å². The van der Waals surface area contributed by atoms with Gasteiger partial charge in [-0.1, -0.05) is 0 Å². The standard InChI is InChI=1S/C3H10BrN3.Cu/c4-7-2-1-3(5)6;/h3,7H,1-2,5-6H2;. The number of nitrogens with two attached hydrogens (primary N) is 2. The van der Waals surface area contributed by atoms with Crippen LogP contribution in [0.5, 0.6) is 0 Å². The monoisotopic (exact) mass is 230 g/mol. The first-order valence-corrected chi connectivity index (χ1v) is 2.91. The molecule has 55 valence electrons. The molecular formula is C3H10BrCuN3. The van der Waals surface area contributed by atoms with E-state index in [4.69, 9.17) is 11.5 Å². The molecular weight excluding hydrogens is 222 g/mol. The zero-order valence-electron chi connectivity index (χ0n) is 4.33. The summed E-state index contributed by atoms with van der Waals surface area (Å²) >= 11 is 3.02. The van der Waals surface area contributed by atoms with Crippen molar-refractivity contribution in [2.24, 2.45) is 11.5 Å². The van der Waals surface area contributed by atoms with Gasteiger partial charge in [0.05, 0.1) is 6.17 Å². The molecule has 1 radical (unpaired) electrons. The van der Waals surface area contributed by atoms with Gasteiger partial charge in [-0.15, -0.1) is 0 Å². The quantitative estimate of drug-likeness (QED) is 0.349. The van der Waals surface area contributed by atoms with Gasteiger partial charge in [0.2, 0.25) is 0 Å². The Morgan fingerprint density at radius 3 is 2.12 bits per heavy atom. The van der Waals surface area contributed by atoms with Crippen LogP contribution in [-0.4, -0.2) is 12.7 Å². The van der Waals surface area contributed by atoms with E-state index in [1.54, 1.807) is 0 Å². The fourth-order valence-electron chi connectivity index (χ4n) is 0.221. The molecule has 0 saturated carbocycles. The molecule has 8 heavy (non-hydrogen) atoms. The summed E-state index contributed by atoms with van der Waals surface area (Å²) in [5.41, 5.74) is 10.4. The van der Waals surface area contributed by atoms with Gasteiger partial charge in [-0.3, -0.25) is 4.34 Å². The van der Waals surface area contributed by atoms with Crippen LogP contribution in [0.1, 0.15) is 6.42 Å². The Morgan fingerprint density at radius 2 is 2.00 bits per heavy atom. The molecule has 0 aromatic heterocycles. The van der Waals surface area contributed by atoms with E-state index in [1.165, 1.54) is 0 Å². The Bertz CT molecular complexity index is 43.5. The maximum Gasteiger partial charge on any atom is 0.0533 e. The van der Waals surface area contributed by atoms with E-state index in [-0.39, 0.29) is 23.2 Å². The number of hydrogen-bond acceptors (Lipinski definition) is 3. The van der Waals surface area contributed by atoms with Crippen LogP contribution in [0, 0.1) is 0 Å². The molecule has 0 fully saturated rings. The van der Waals surface area contributed by atoms with Gasteiger partial charge in [0.15, 0.2) is 0 Å². The summed E-state index contributed by atoms with van der Waals surface area (Å²) in [7, 11) is 0. The summed E-state index contributed by atoms with van der Waals surface area (Å²) in [5, 5.41) is 0. The number of nitrogens with one attached hydrogen (secondary N) is 1. The predicted octanol–water partition coefficient (Wildman–Crippen LogP) is -0.483. The Morgan fingerprint density at radius 1 is 1.50 bits per heavy atom. The third kappa shape index (κ3) is 9.99.